The van der Waals surface area contributed by atoms with Gasteiger partial charge in [-0.2, -0.15) is 0 Å². The minimum atomic E-state index is 1.07. The molecule has 1 nitrogen and oxygen atoms in total. The number of hydrogen-bond acceptors (Lipinski definition) is 0. The fourth-order valence-electron chi connectivity index (χ4n) is 3.43. The van der Waals surface area contributed by atoms with Crippen LogP contribution in [0.15, 0.2) is 255 Å². The highest BCUT2D eigenvalue weighted by molar-refractivity contribution is 5.64. The molecule has 1 aliphatic rings. The van der Waals surface area contributed by atoms with Crippen molar-refractivity contribution in [2.75, 3.05) is 0 Å². The normalized spacial score (nSPS) is 15.6. The van der Waals surface area contributed by atoms with Crippen molar-refractivity contribution in [2.24, 2.45) is 0 Å². The van der Waals surface area contributed by atoms with E-state index in [1.54, 1.807) is 0 Å². The van der Waals surface area contributed by atoms with Gasteiger partial charge in [-0.25, -0.2) is 0 Å². The van der Waals surface area contributed by atoms with Crippen molar-refractivity contribution in [3.63, 3.8) is 0 Å². The van der Waals surface area contributed by atoms with Crippen LogP contribution in [0.4, 0.5) is 0 Å². The number of nitrogens with one attached hydrogen (secondary N) is 1. The van der Waals surface area contributed by atoms with Crippen molar-refractivity contribution in [2.45, 2.75) is 0 Å². The second-order valence-corrected chi connectivity index (χ2v) is 9.38. The lowest BCUT2D eigenvalue weighted by molar-refractivity contribution is 1.37. The Hall–Kier alpha value is -6.18. The summed E-state index contributed by atoms with van der Waals surface area (Å²) in [5.74, 6) is 0. The van der Waals surface area contributed by atoms with Gasteiger partial charge in [-0.05, 0) is 17.7 Å². The standard InChI is InChI=1S/C46H45N/c1-2-4-6-8-10-12-14-16-18-20-22-24-26-28-30-32-34-36-38-40-42-46-45(43-44-47-46)41-39-37-35-33-31-29-27-25-23-21-19-17-15-13-11-9-7-5-3-1/h1-44,47H. The molecule has 0 bridgehead atoms. The maximum atomic E-state index is 3.28. The minimum Gasteiger partial charge on any atom is -0.361 e. The van der Waals surface area contributed by atoms with Crippen molar-refractivity contribution in [3.8, 4) is 0 Å². The van der Waals surface area contributed by atoms with Gasteiger partial charge in [0, 0.05) is 11.9 Å². The summed E-state index contributed by atoms with van der Waals surface area (Å²) in [4.78, 5) is 3.28. The zero-order valence-electron chi connectivity index (χ0n) is 26.9. The van der Waals surface area contributed by atoms with E-state index in [2.05, 4.69) is 23.2 Å². The third-order valence-corrected chi connectivity index (χ3v) is 5.68. The molecule has 0 amide bonds. The lowest BCUT2D eigenvalue weighted by Gasteiger charge is -1.90. The Bertz CT molecular complexity index is 1520. The molecule has 2 rings (SSSR count). The Labute approximate surface area is 282 Å². The van der Waals surface area contributed by atoms with Gasteiger partial charge >= 0.3 is 0 Å². The summed E-state index contributed by atoms with van der Waals surface area (Å²) in [5.41, 5.74) is 2.20. The van der Waals surface area contributed by atoms with Gasteiger partial charge in [0.2, 0.25) is 0 Å². The fraction of sp³-hybridized carbons (Fsp3) is 0. The minimum absolute atomic E-state index is 1.07. The van der Waals surface area contributed by atoms with Crippen LogP contribution in [0.25, 0.3) is 12.2 Å². The zero-order valence-corrected chi connectivity index (χ0v) is 26.9. The quantitative estimate of drug-likeness (QED) is 0.300. The molecule has 234 valence electrons. The maximum Gasteiger partial charge on any atom is 0.0453 e. The second kappa shape index (κ2) is 29.9. The van der Waals surface area contributed by atoms with Crippen LogP contribution in [0.2, 0.25) is 0 Å². The molecular weight excluding hydrogens is 567 g/mol. The number of allylic oxidation sites excluding steroid dienone is 40. The summed E-state index contributed by atoms with van der Waals surface area (Å²) in [6.45, 7) is 0. The van der Waals surface area contributed by atoms with Gasteiger partial charge < -0.3 is 4.98 Å². The summed E-state index contributed by atoms with van der Waals surface area (Å²) in [5, 5.41) is 0. The van der Waals surface area contributed by atoms with E-state index in [0.717, 1.165) is 11.3 Å². The predicted molar refractivity (Wildman–Crippen MR) is 213 cm³/mol. The van der Waals surface area contributed by atoms with Crippen molar-refractivity contribution in [1.29, 1.82) is 0 Å². The molecule has 1 aromatic rings. The van der Waals surface area contributed by atoms with E-state index in [9.17, 15) is 0 Å². The lowest BCUT2D eigenvalue weighted by atomic mass is 10.2. The first kappa shape index (κ1) is 37.0. The maximum absolute atomic E-state index is 3.28. The molecule has 0 saturated carbocycles. The van der Waals surface area contributed by atoms with Gasteiger partial charge in [-0.3, -0.25) is 0 Å². The van der Waals surface area contributed by atoms with Crippen molar-refractivity contribution < 1.29 is 0 Å². The second-order valence-electron chi connectivity index (χ2n) is 9.38. The topological polar surface area (TPSA) is 15.8 Å². The number of rotatable bonds is 0. The highest BCUT2D eigenvalue weighted by Crippen LogP contribution is 2.11. The molecule has 0 aliphatic heterocycles. The zero-order chi connectivity index (χ0) is 33.0. The Balaban J connectivity index is 1.96. The van der Waals surface area contributed by atoms with Crippen LogP contribution in [0, 0.1) is 0 Å². The number of aromatic amines is 1. The molecule has 0 aromatic carbocycles. The third kappa shape index (κ3) is 23.9. The number of H-pyrrole nitrogens is 1. The van der Waals surface area contributed by atoms with Crippen molar-refractivity contribution in [3.05, 3.63) is 267 Å². The van der Waals surface area contributed by atoms with Crippen LogP contribution in [0.3, 0.4) is 0 Å². The molecular formula is C46H45N. The van der Waals surface area contributed by atoms with Gasteiger partial charge in [0.05, 0.1) is 0 Å². The number of fused-ring (bicyclic) bond motifs is 1. The molecule has 0 radical (unpaired) electrons. The highest BCUT2D eigenvalue weighted by atomic mass is 14.7. The summed E-state index contributed by atoms with van der Waals surface area (Å²) in [6.07, 6.45) is 86.3. The first-order valence-corrected chi connectivity index (χ1v) is 15.7. The van der Waals surface area contributed by atoms with Gasteiger partial charge in [-0.15, -0.1) is 0 Å². The highest BCUT2D eigenvalue weighted by Gasteiger charge is 1.94. The number of aromatic nitrogens is 1. The van der Waals surface area contributed by atoms with E-state index in [4.69, 9.17) is 0 Å². The average molecular weight is 612 g/mol. The predicted octanol–water partition coefficient (Wildman–Crippen LogP) is 12.6. The van der Waals surface area contributed by atoms with E-state index in [-0.39, 0.29) is 0 Å². The van der Waals surface area contributed by atoms with Gasteiger partial charge in [-0.1, -0.05) is 249 Å². The fourth-order valence-corrected chi connectivity index (χ4v) is 3.43. The average Bonchev–Trinajstić information content (AvgIpc) is 3.53. The molecule has 0 saturated heterocycles. The molecule has 0 unspecified atom stereocenters. The summed E-state index contributed by atoms with van der Waals surface area (Å²) in [6, 6.07) is 2.06. The summed E-state index contributed by atoms with van der Waals surface area (Å²) < 4.78 is 0. The molecule has 0 spiro atoms. The van der Waals surface area contributed by atoms with Crippen molar-refractivity contribution in [1.82, 2.24) is 4.98 Å². The molecule has 1 heterocycles. The van der Waals surface area contributed by atoms with Crippen LogP contribution >= 0.6 is 0 Å². The molecule has 0 fully saturated rings. The third-order valence-electron chi connectivity index (χ3n) is 5.68. The monoisotopic (exact) mass is 611 g/mol. The van der Waals surface area contributed by atoms with Crippen LogP contribution in [-0.4, -0.2) is 4.98 Å². The molecule has 1 aliphatic carbocycles. The Morgan fingerprint density at radius 2 is 0.404 bits per heavy atom. The molecule has 47 heavy (non-hydrogen) atoms. The smallest absolute Gasteiger partial charge is 0.0453 e. The molecule has 1 heteroatoms. The summed E-state index contributed by atoms with van der Waals surface area (Å²) >= 11 is 0. The van der Waals surface area contributed by atoms with Crippen LogP contribution < -0.4 is 0 Å². The Morgan fingerprint density at radius 1 is 0.213 bits per heavy atom. The van der Waals surface area contributed by atoms with Gasteiger partial charge in [0.15, 0.2) is 0 Å². The van der Waals surface area contributed by atoms with Crippen molar-refractivity contribution >= 4 is 12.2 Å². The first-order chi connectivity index (χ1) is 23.5. The van der Waals surface area contributed by atoms with Crippen LogP contribution in [-0.2, 0) is 0 Å². The van der Waals surface area contributed by atoms with E-state index in [1.807, 2.05) is 249 Å². The van der Waals surface area contributed by atoms with Gasteiger partial charge in [0.25, 0.3) is 0 Å². The lowest BCUT2D eigenvalue weighted by Crippen LogP contribution is -1.74. The van der Waals surface area contributed by atoms with Crippen LogP contribution in [0.5, 0.6) is 0 Å². The number of hydrogen-bond donors (Lipinski definition) is 1. The molecule has 1 N–H and O–H groups in total. The van der Waals surface area contributed by atoms with Gasteiger partial charge in [0.1, 0.15) is 0 Å². The Kier molecular flexibility index (Phi) is 23.5. The largest absolute Gasteiger partial charge is 0.361 e. The SMILES string of the molecule is C1=CC=CC=CC=CC=CC=CC=CC=CC=CC=CC=Cc2[nH]ccc2C=CC=CC=CC=CC=CC=CC=CC=CC=CC=C1. The Morgan fingerprint density at radius 3 is 0.638 bits per heavy atom. The first-order valence-electron chi connectivity index (χ1n) is 15.7. The summed E-state index contributed by atoms with van der Waals surface area (Å²) in [7, 11) is 0. The van der Waals surface area contributed by atoms with E-state index in [1.165, 1.54) is 0 Å². The molecule has 0 atom stereocenters. The van der Waals surface area contributed by atoms with Crippen LogP contribution in [0.1, 0.15) is 11.3 Å². The van der Waals surface area contributed by atoms with E-state index < -0.39 is 0 Å². The van der Waals surface area contributed by atoms with E-state index in [0.29, 0.717) is 0 Å². The van der Waals surface area contributed by atoms with E-state index >= 15 is 0 Å². The molecule has 1 aromatic heterocycles.